The van der Waals surface area contributed by atoms with Crippen LogP contribution in [0, 0.1) is 23.3 Å². The predicted molar refractivity (Wildman–Crippen MR) is 110 cm³/mol. The fourth-order valence-corrected chi connectivity index (χ4v) is 3.63. The molecule has 8 nitrogen and oxygen atoms in total. The molecule has 0 radical (unpaired) electrons. The van der Waals surface area contributed by atoms with Crippen LogP contribution in [-0.4, -0.2) is 40.7 Å². The van der Waals surface area contributed by atoms with Crippen molar-refractivity contribution in [3.05, 3.63) is 58.7 Å². The molecule has 174 valence electrons. The van der Waals surface area contributed by atoms with E-state index < -0.39 is 52.8 Å². The van der Waals surface area contributed by atoms with E-state index in [1.54, 1.807) is 6.07 Å². The number of hydrogen-bond donors (Lipinski definition) is 2. The van der Waals surface area contributed by atoms with Crippen LogP contribution in [0.5, 0.6) is 11.5 Å². The third-order valence-corrected chi connectivity index (χ3v) is 5.31. The normalized spacial score (nSPS) is 16.9. The first-order valence-corrected chi connectivity index (χ1v) is 10.0. The van der Waals surface area contributed by atoms with Gasteiger partial charge in [-0.25, -0.2) is 8.78 Å². The van der Waals surface area contributed by atoms with Crippen molar-refractivity contribution in [2.75, 3.05) is 7.11 Å². The summed E-state index contributed by atoms with van der Waals surface area (Å²) in [7, 11) is 1.34. The summed E-state index contributed by atoms with van der Waals surface area (Å²) in [5.74, 6) is -9.08. The number of benzene rings is 2. The highest BCUT2D eigenvalue weighted by Crippen LogP contribution is 2.29. The Hall–Kier alpha value is -3.61. The fraction of sp³-hybridized carbons (Fsp3) is 0.200. The van der Waals surface area contributed by atoms with Crippen LogP contribution in [0.2, 0.25) is 0 Å². The SMILES string of the molecule is COc1ccc(C=NN=C2NC(=O)C(CC(=O)O)S2)cc1COc1c(F)c(F)cc(F)c1F. The van der Waals surface area contributed by atoms with Gasteiger partial charge >= 0.3 is 5.97 Å². The zero-order valence-electron chi connectivity index (χ0n) is 16.8. The van der Waals surface area contributed by atoms with Gasteiger partial charge in [-0.15, -0.1) is 5.10 Å². The zero-order chi connectivity index (χ0) is 24.1. The number of nitrogens with one attached hydrogen (secondary N) is 1. The molecule has 1 amide bonds. The molecule has 0 spiro atoms. The lowest BCUT2D eigenvalue weighted by molar-refractivity contribution is -0.138. The van der Waals surface area contributed by atoms with E-state index in [4.69, 9.17) is 14.6 Å². The second kappa shape index (κ2) is 10.3. The molecule has 1 aliphatic rings. The lowest BCUT2D eigenvalue weighted by atomic mass is 10.1. The third kappa shape index (κ3) is 5.80. The molecule has 1 aliphatic heterocycles. The molecular formula is C20H15F4N3O5S. The van der Waals surface area contributed by atoms with Crippen LogP contribution >= 0.6 is 11.8 Å². The van der Waals surface area contributed by atoms with E-state index in [1.807, 2.05) is 0 Å². The Bertz CT molecular complexity index is 1130. The number of carboxylic acids is 1. The molecule has 1 heterocycles. The van der Waals surface area contributed by atoms with E-state index in [1.165, 1.54) is 25.5 Å². The summed E-state index contributed by atoms with van der Waals surface area (Å²) in [5, 5.41) is 18.1. The maximum atomic E-state index is 13.8. The average molecular weight is 485 g/mol. The van der Waals surface area contributed by atoms with Gasteiger partial charge in [0.1, 0.15) is 17.6 Å². The van der Waals surface area contributed by atoms with E-state index in [0.717, 1.165) is 11.8 Å². The molecule has 1 atom stereocenters. The largest absolute Gasteiger partial charge is 0.496 e. The number of carboxylic acid groups (broad SMARTS) is 1. The summed E-state index contributed by atoms with van der Waals surface area (Å²) >= 11 is 0.925. The Kier molecular flexibility index (Phi) is 7.53. The lowest BCUT2D eigenvalue weighted by Crippen LogP contribution is -2.26. The van der Waals surface area contributed by atoms with Crippen molar-refractivity contribution in [1.29, 1.82) is 0 Å². The maximum Gasteiger partial charge on any atom is 0.305 e. The number of carbonyl (C=O) groups is 2. The molecule has 2 aromatic carbocycles. The number of hydrogen-bond acceptors (Lipinski definition) is 7. The first kappa shape index (κ1) is 24.0. The van der Waals surface area contributed by atoms with E-state index >= 15 is 0 Å². The molecule has 1 unspecified atom stereocenters. The van der Waals surface area contributed by atoms with Crippen LogP contribution in [0.4, 0.5) is 17.6 Å². The summed E-state index contributed by atoms with van der Waals surface area (Å²) < 4.78 is 64.5. The number of rotatable bonds is 8. The van der Waals surface area contributed by atoms with Crippen LogP contribution < -0.4 is 14.8 Å². The van der Waals surface area contributed by atoms with Gasteiger partial charge in [-0.2, -0.15) is 13.9 Å². The summed E-state index contributed by atoms with van der Waals surface area (Å²) in [6.45, 7) is -0.487. The number of nitrogens with zero attached hydrogens (tertiary/aromatic N) is 2. The number of ether oxygens (including phenoxy) is 2. The van der Waals surface area contributed by atoms with Gasteiger partial charge in [0, 0.05) is 11.6 Å². The van der Waals surface area contributed by atoms with Crippen molar-refractivity contribution >= 4 is 35.0 Å². The molecule has 2 aromatic rings. The van der Waals surface area contributed by atoms with Gasteiger partial charge in [0.05, 0.1) is 19.7 Å². The van der Waals surface area contributed by atoms with E-state index in [2.05, 4.69) is 15.5 Å². The summed E-state index contributed by atoms with van der Waals surface area (Å²) in [5.41, 5.74) is 0.726. The highest BCUT2D eigenvalue weighted by molar-refractivity contribution is 8.15. The zero-order valence-corrected chi connectivity index (χ0v) is 17.6. The van der Waals surface area contributed by atoms with Crippen LogP contribution in [-0.2, 0) is 16.2 Å². The molecule has 2 N–H and O–H groups in total. The Morgan fingerprint density at radius 2 is 1.91 bits per heavy atom. The first-order chi connectivity index (χ1) is 15.7. The van der Waals surface area contributed by atoms with Crippen molar-refractivity contribution < 1.29 is 41.7 Å². The van der Waals surface area contributed by atoms with E-state index in [9.17, 15) is 27.2 Å². The molecule has 3 rings (SSSR count). The highest BCUT2D eigenvalue weighted by Gasteiger charge is 2.32. The van der Waals surface area contributed by atoms with Gasteiger partial charge in [0.25, 0.3) is 0 Å². The quantitative estimate of drug-likeness (QED) is 0.257. The summed E-state index contributed by atoms with van der Waals surface area (Å²) in [6.07, 6.45) is 0.924. The van der Waals surface area contributed by atoms with Crippen molar-refractivity contribution in [2.24, 2.45) is 10.2 Å². The van der Waals surface area contributed by atoms with Gasteiger partial charge in [0.15, 0.2) is 22.6 Å². The molecule has 0 bridgehead atoms. The third-order valence-electron chi connectivity index (χ3n) is 4.24. The molecule has 1 fully saturated rings. The van der Waals surface area contributed by atoms with E-state index in [-0.39, 0.29) is 29.0 Å². The average Bonchev–Trinajstić information content (AvgIpc) is 3.10. The topological polar surface area (TPSA) is 110 Å². The minimum Gasteiger partial charge on any atom is -0.496 e. The monoisotopic (exact) mass is 485 g/mol. The summed E-state index contributed by atoms with van der Waals surface area (Å²) in [4.78, 5) is 22.4. The number of amidine groups is 1. The van der Waals surface area contributed by atoms with Crippen molar-refractivity contribution in [3.8, 4) is 11.5 Å². The first-order valence-electron chi connectivity index (χ1n) is 9.12. The van der Waals surface area contributed by atoms with Crippen LogP contribution in [0.25, 0.3) is 0 Å². The Morgan fingerprint density at radius 1 is 1.21 bits per heavy atom. The predicted octanol–water partition coefficient (Wildman–Crippen LogP) is 3.23. The second-order valence-electron chi connectivity index (χ2n) is 6.50. The van der Waals surface area contributed by atoms with E-state index in [0.29, 0.717) is 5.56 Å². The maximum absolute atomic E-state index is 13.8. The molecule has 13 heteroatoms. The molecular weight excluding hydrogens is 470 g/mol. The highest BCUT2D eigenvalue weighted by atomic mass is 32.2. The summed E-state index contributed by atoms with van der Waals surface area (Å²) in [6, 6.07) is 4.62. The van der Waals surface area contributed by atoms with Crippen LogP contribution in [0.1, 0.15) is 17.5 Å². The Balaban J connectivity index is 1.74. The van der Waals surface area contributed by atoms with Crippen LogP contribution in [0.15, 0.2) is 34.5 Å². The lowest BCUT2D eigenvalue weighted by Gasteiger charge is -2.12. The minimum atomic E-state index is -1.67. The van der Waals surface area contributed by atoms with Gasteiger partial charge in [-0.05, 0) is 23.8 Å². The second-order valence-corrected chi connectivity index (χ2v) is 7.69. The van der Waals surface area contributed by atoms with Crippen LogP contribution in [0.3, 0.4) is 0 Å². The number of amides is 1. The van der Waals surface area contributed by atoms with Crippen molar-refractivity contribution in [2.45, 2.75) is 18.3 Å². The number of thioether (sulfide) groups is 1. The fourth-order valence-electron chi connectivity index (χ4n) is 2.71. The van der Waals surface area contributed by atoms with Gasteiger partial charge in [-0.3, -0.25) is 9.59 Å². The molecule has 0 aliphatic carbocycles. The smallest absolute Gasteiger partial charge is 0.305 e. The van der Waals surface area contributed by atoms with Crippen molar-refractivity contribution in [3.63, 3.8) is 0 Å². The van der Waals surface area contributed by atoms with Gasteiger partial charge in [-0.1, -0.05) is 11.8 Å². The van der Waals surface area contributed by atoms with Gasteiger partial charge < -0.3 is 19.9 Å². The standard InChI is InChI=1S/C20H15F4N3O5S/c1-31-13-3-2-9(7-25-27-20-26-19(30)14(33-20)6-15(28)29)4-10(13)8-32-18-16(23)11(21)5-12(22)17(18)24/h2-5,7,14H,6,8H2,1H3,(H,28,29)(H,26,27,30). The minimum absolute atomic E-state index is 0.0750. The molecule has 0 aromatic heterocycles. The Labute approximate surface area is 188 Å². The Morgan fingerprint density at radius 3 is 2.55 bits per heavy atom. The van der Waals surface area contributed by atoms with Crippen molar-refractivity contribution in [1.82, 2.24) is 5.32 Å². The number of halogens is 4. The van der Waals surface area contributed by atoms with Gasteiger partial charge in [0.2, 0.25) is 17.5 Å². The molecule has 0 saturated carbocycles. The number of methoxy groups -OCH3 is 1. The number of carbonyl (C=O) groups excluding carboxylic acids is 1. The molecule has 1 saturated heterocycles. The molecule has 33 heavy (non-hydrogen) atoms. The number of aliphatic carboxylic acids is 1.